The second-order valence-corrected chi connectivity index (χ2v) is 7.52. The van der Waals surface area contributed by atoms with Crippen LogP contribution in [0.4, 0.5) is 0 Å². The zero-order valence-electron chi connectivity index (χ0n) is 13.1. The topological polar surface area (TPSA) is 53.9 Å². The maximum absolute atomic E-state index is 11.6. The van der Waals surface area contributed by atoms with E-state index in [1.165, 1.54) is 0 Å². The molecule has 1 unspecified atom stereocenters. The fraction of sp³-hybridized carbons (Fsp3) is 0.562. The number of rotatable bonds is 9. The molecule has 21 heavy (non-hydrogen) atoms. The van der Waals surface area contributed by atoms with E-state index >= 15 is 0 Å². The fourth-order valence-corrected chi connectivity index (χ4v) is 1.96. The lowest BCUT2D eigenvalue weighted by Crippen LogP contribution is -2.25. The fourth-order valence-electron chi connectivity index (χ4n) is 1.40. The maximum atomic E-state index is 11.6. The molecule has 0 spiro atoms. The van der Waals surface area contributed by atoms with Gasteiger partial charge in [-0.1, -0.05) is 34.7 Å². The van der Waals surface area contributed by atoms with Gasteiger partial charge in [0.25, 0.3) is 0 Å². The van der Waals surface area contributed by atoms with Crippen molar-refractivity contribution in [2.24, 2.45) is 4.40 Å². The highest BCUT2D eigenvalue weighted by atomic mass is 32.2. The first-order valence-electron chi connectivity index (χ1n) is 7.14. The third-order valence-electron chi connectivity index (χ3n) is 2.57. The Morgan fingerprint density at radius 3 is 2.43 bits per heavy atom. The molecule has 0 aliphatic heterocycles. The highest BCUT2D eigenvalue weighted by Crippen LogP contribution is 2.16. The summed E-state index contributed by atoms with van der Waals surface area (Å²) in [4.78, 5) is 0. The standard InChI is InChI=1S/C16H25NO3S/c1-16(2,3)21(18)17-10-7-11-19-12-13-20-14-15-8-5-4-6-9-15/h4-6,8-10H,7,11-14H2,1-3H3/b17-10-. The van der Waals surface area contributed by atoms with Gasteiger partial charge in [0.15, 0.2) is 0 Å². The van der Waals surface area contributed by atoms with Gasteiger partial charge in [-0.2, -0.15) is 0 Å². The van der Waals surface area contributed by atoms with E-state index in [0.717, 1.165) is 5.56 Å². The second-order valence-electron chi connectivity index (χ2n) is 5.59. The SMILES string of the molecule is CC(C)(C)[S+]([O-])/N=C\CCOCCOCc1ccccc1. The molecule has 0 radical (unpaired) electrons. The first kappa shape index (κ1) is 18.2. The summed E-state index contributed by atoms with van der Waals surface area (Å²) in [6.07, 6.45) is 2.34. The monoisotopic (exact) mass is 311 g/mol. The smallest absolute Gasteiger partial charge is 0.144 e. The van der Waals surface area contributed by atoms with Gasteiger partial charge in [-0.05, 0) is 26.3 Å². The van der Waals surface area contributed by atoms with E-state index < -0.39 is 11.4 Å². The van der Waals surface area contributed by atoms with E-state index in [2.05, 4.69) is 4.40 Å². The van der Waals surface area contributed by atoms with Crippen LogP contribution in [0.3, 0.4) is 0 Å². The lowest BCUT2D eigenvalue weighted by molar-refractivity contribution is 0.0432. The molecule has 4 nitrogen and oxygen atoms in total. The minimum Gasteiger partial charge on any atom is -0.591 e. The molecule has 0 saturated heterocycles. The molecular weight excluding hydrogens is 286 g/mol. The number of hydrogen-bond donors (Lipinski definition) is 0. The predicted octanol–water partition coefficient (Wildman–Crippen LogP) is 3.14. The Bertz CT molecular complexity index is 404. The van der Waals surface area contributed by atoms with Crippen molar-refractivity contribution in [2.45, 2.75) is 38.5 Å². The Balaban J connectivity index is 1.97. The van der Waals surface area contributed by atoms with Crippen LogP contribution >= 0.6 is 0 Å². The Hall–Kier alpha value is -0.880. The van der Waals surface area contributed by atoms with Gasteiger partial charge >= 0.3 is 0 Å². The van der Waals surface area contributed by atoms with Crippen molar-refractivity contribution >= 4 is 17.6 Å². The molecular formula is C16H25NO3S. The van der Waals surface area contributed by atoms with Gasteiger partial charge in [0, 0.05) is 6.42 Å². The van der Waals surface area contributed by atoms with Gasteiger partial charge < -0.3 is 14.0 Å². The van der Waals surface area contributed by atoms with Crippen LogP contribution in [0.1, 0.15) is 32.8 Å². The van der Waals surface area contributed by atoms with Gasteiger partial charge in [0.05, 0.1) is 32.6 Å². The molecule has 118 valence electrons. The lowest BCUT2D eigenvalue weighted by Gasteiger charge is -2.17. The molecule has 1 rings (SSSR count). The van der Waals surface area contributed by atoms with Crippen molar-refractivity contribution < 1.29 is 14.0 Å². The molecule has 0 fully saturated rings. The van der Waals surface area contributed by atoms with Crippen LogP contribution in [0.25, 0.3) is 0 Å². The number of nitrogens with zero attached hydrogens (tertiary/aromatic N) is 1. The molecule has 5 heteroatoms. The van der Waals surface area contributed by atoms with Gasteiger partial charge in [0.2, 0.25) is 0 Å². The van der Waals surface area contributed by atoms with E-state index in [9.17, 15) is 4.55 Å². The number of ether oxygens (including phenoxy) is 2. The minimum absolute atomic E-state index is 0.303. The van der Waals surface area contributed by atoms with Crippen molar-refractivity contribution in [1.82, 2.24) is 0 Å². The largest absolute Gasteiger partial charge is 0.591 e. The summed E-state index contributed by atoms with van der Waals surface area (Å²) in [5, 5.41) is 0. The molecule has 1 atom stereocenters. The quantitative estimate of drug-likeness (QED) is 0.400. The third kappa shape index (κ3) is 8.88. The van der Waals surface area contributed by atoms with Crippen LogP contribution in [-0.4, -0.2) is 35.3 Å². The molecule has 0 aromatic heterocycles. The van der Waals surface area contributed by atoms with Crippen LogP contribution < -0.4 is 0 Å². The van der Waals surface area contributed by atoms with Gasteiger partial charge in [-0.3, -0.25) is 0 Å². The first-order valence-corrected chi connectivity index (χ1v) is 8.25. The molecule has 0 saturated carbocycles. The predicted molar refractivity (Wildman–Crippen MR) is 87.9 cm³/mol. The molecule has 0 aliphatic carbocycles. The highest BCUT2D eigenvalue weighted by molar-refractivity contribution is 7.91. The van der Waals surface area contributed by atoms with Crippen molar-refractivity contribution in [2.75, 3.05) is 19.8 Å². The average molecular weight is 311 g/mol. The molecule has 1 aromatic rings. The number of hydrogen-bond acceptors (Lipinski definition) is 4. The summed E-state index contributed by atoms with van der Waals surface area (Å²) in [5.74, 6) is 0. The summed E-state index contributed by atoms with van der Waals surface area (Å²) in [6, 6.07) is 10.0. The summed E-state index contributed by atoms with van der Waals surface area (Å²) >= 11 is -1.18. The molecule has 0 heterocycles. The van der Waals surface area contributed by atoms with Crippen LogP contribution in [0.2, 0.25) is 0 Å². The van der Waals surface area contributed by atoms with E-state index in [1.807, 2.05) is 51.1 Å². The van der Waals surface area contributed by atoms with E-state index in [4.69, 9.17) is 9.47 Å². The van der Waals surface area contributed by atoms with Gasteiger partial charge in [0.1, 0.15) is 16.1 Å². The lowest BCUT2D eigenvalue weighted by atomic mass is 10.2. The first-order chi connectivity index (χ1) is 10.00. The zero-order chi connectivity index (χ0) is 15.6. The Morgan fingerprint density at radius 1 is 1.10 bits per heavy atom. The average Bonchev–Trinajstić information content (AvgIpc) is 2.45. The van der Waals surface area contributed by atoms with Crippen LogP contribution in [0.5, 0.6) is 0 Å². The number of benzene rings is 1. The normalized spacial score (nSPS) is 13.7. The Labute approximate surface area is 130 Å². The minimum atomic E-state index is -1.18. The highest BCUT2D eigenvalue weighted by Gasteiger charge is 2.25. The zero-order valence-corrected chi connectivity index (χ0v) is 13.9. The maximum Gasteiger partial charge on any atom is 0.144 e. The Morgan fingerprint density at radius 2 is 1.76 bits per heavy atom. The van der Waals surface area contributed by atoms with Crippen molar-refractivity contribution in [3.63, 3.8) is 0 Å². The molecule has 0 aliphatic rings. The second kappa shape index (κ2) is 9.95. The summed E-state index contributed by atoms with van der Waals surface area (Å²) < 4.78 is 26.3. The summed E-state index contributed by atoms with van der Waals surface area (Å²) in [6.45, 7) is 8.02. The Kier molecular flexibility index (Phi) is 8.61. The van der Waals surface area contributed by atoms with E-state index in [-0.39, 0.29) is 4.75 Å². The van der Waals surface area contributed by atoms with E-state index in [1.54, 1.807) is 6.21 Å². The molecule has 0 N–H and O–H groups in total. The third-order valence-corrected chi connectivity index (χ3v) is 3.96. The van der Waals surface area contributed by atoms with Crippen molar-refractivity contribution in [1.29, 1.82) is 0 Å². The van der Waals surface area contributed by atoms with E-state index in [0.29, 0.717) is 32.8 Å². The summed E-state index contributed by atoms with van der Waals surface area (Å²) in [5.41, 5.74) is 1.16. The summed E-state index contributed by atoms with van der Waals surface area (Å²) in [7, 11) is 0. The van der Waals surface area contributed by atoms with Crippen molar-refractivity contribution in [3.05, 3.63) is 35.9 Å². The van der Waals surface area contributed by atoms with Gasteiger partial charge in [-0.25, -0.2) is 0 Å². The van der Waals surface area contributed by atoms with Gasteiger partial charge in [-0.15, -0.1) is 0 Å². The molecule has 0 bridgehead atoms. The van der Waals surface area contributed by atoms with Crippen LogP contribution in [0, 0.1) is 0 Å². The van der Waals surface area contributed by atoms with Crippen LogP contribution in [0.15, 0.2) is 34.7 Å². The molecule has 1 aromatic carbocycles. The van der Waals surface area contributed by atoms with Crippen LogP contribution in [-0.2, 0) is 27.4 Å². The molecule has 0 amide bonds. The van der Waals surface area contributed by atoms with Crippen molar-refractivity contribution in [3.8, 4) is 0 Å².